The summed E-state index contributed by atoms with van der Waals surface area (Å²) in [5, 5.41) is 10.7. The molecule has 0 spiro atoms. The molecule has 6 nitrogen and oxygen atoms in total. The van der Waals surface area contributed by atoms with Crippen LogP contribution >= 0.6 is 0 Å². The number of fused-ring (bicyclic) bond motifs is 2. The van der Waals surface area contributed by atoms with Crippen LogP contribution in [0.25, 0.3) is 22.3 Å². The van der Waals surface area contributed by atoms with Crippen molar-refractivity contribution in [1.82, 2.24) is 24.6 Å². The zero-order chi connectivity index (χ0) is 14.2. The van der Waals surface area contributed by atoms with E-state index >= 15 is 0 Å². The van der Waals surface area contributed by atoms with Crippen molar-refractivity contribution >= 4 is 17.2 Å². The Hall–Kier alpha value is -2.76. The molecule has 0 fully saturated rings. The van der Waals surface area contributed by atoms with Crippen LogP contribution in [0.15, 0.2) is 36.5 Å². The van der Waals surface area contributed by atoms with Crippen LogP contribution in [0.2, 0.25) is 0 Å². The fourth-order valence-corrected chi connectivity index (χ4v) is 2.66. The van der Waals surface area contributed by atoms with Gasteiger partial charge in [-0.25, -0.2) is 0 Å². The molecular formula is C15H13N5O. The molecule has 2 aromatic heterocycles. The van der Waals surface area contributed by atoms with Gasteiger partial charge in [0.1, 0.15) is 5.69 Å². The molecule has 0 N–H and O–H groups in total. The maximum Gasteiger partial charge on any atom is 0.210 e. The highest BCUT2D eigenvalue weighted by molar-refractivity contribution is 5.84. The maximum atomic E-state index is 10.8. The van der Waals surface area contributed by atoms with Gasteiger partial charge in [0.2, 0.25) is 6.41 Å². The number of amides is 1. The Morgan fingerprint density at radius 1 is 1.10 bits per heavy atom. The summed E-state index contributed by atoms with van der Waals surface area (Å²) in [5.41, 5.74) is 0.812. The molecule has 0 radical (unpaired) electrons. The first-order valence-corrected chi connectivity index (χ1v) is 6.82. The van der Waals surface area contributed by atoms with Crippen LogP contribution in [-0.2, 0) is 17.9 Å². The predicted molar refractivity (Wildman–Crippen MR) is 77.2 cm³/mol. The summed E-state index contributed by atoms with van der Waals surface area (Å²) < 4.78 is 2.04. The van der Waals surface area contributed by atoms with E-state index in [2.05, 4.69) is 21.2 Å². The molecule has 0 atom stereocenters. The number of hydrogen-bond acceptors (Lipinski definition) is 4. The van der Waals surface area contributed by atoms with Gasteiger partial charge in [-0.05, 0) is 11.5 Å². The van der Waals surface area contributed by atoms with Gasteiger partial charge in [-0.1, -0.05) is 24.3 Å². The Labute approximate surface area is 121 Å². The van der Waals surface area contributed by atoms with E-state index in [0.717, 1.165) is 34.5 Å². The van der Waals surface area contributed by atoms with Gasteiger partial charge in [0, 0.05) is 24.7 Å². The summed E-state index contributed by atoms with van der Waals surface area (Å²) in [6, 6.07) is 10.1. The summed E-state index contributed by atoms with van der Waals surface area (Å²) in [6.45, 7) is 1.88. The van der Waals surface area contributed by atoms with Gasteiger partial charge >= 0.3 is 0 Å². The van der Waals surface area contributed by atoms with E-state index < -0.39 is 0 Å². The first kappa shape index (κ1) is 12.0. The third kappa shape index (κ3) is 1.96. The highest BCUT2D eigenvalue weighted by Gasteiger charge is 2.21. The number of rotatable bonds is 2. The van der Waals surface area contributed by atoms with Crippen molar-refractivity contribution in [3.8, 4) is 11.5 Å². The van der Waals surface area contributed by atoms with Gasteiger partial charge < -0.3 is 9.47 Å². The monoisotopic (exact) mass is 279 g/mol. The first-order chi connectivity index (χ1) is 10.3. The van der Waals surface area contributed by atoms with Crippen molar-refractivity contribution < 1.29 is 4.79 Å². The molecule has 1 aromatic carbocycles. The zero-order valence-corrected chi connectivity index (χ0v) is 11.3. The van der Waals surface area contributed by atoms with Gasteiger partial charge in [-0.3, -0.25) is 9.78 Å². The lowest BCUT2D eigenvalue weighted by Crippen LogP contribution is -2.32. The lowest BCUT2D eigenvalue weighted by Gasteiger charge is -2.23. The second-order valence-electron chi connectivity index (χ2n) is 5.08. The van der Waals surface area contributed by atoms with Crippen LogP contribution in [0.4, 0.5) is 0 Å². The van der Waals surface area contributed by atoms with E-state index in [1.54, 1.807) is 4.90 Å². The van der Waals surface area contributed by atoms with Gasteiger partial charge in [0.15, 0.2) is 11.6 Å². The first-order valence-electron chi connectivity index (χ1n) is 6.82. The molecule has 104 valence electrons. The molecule has 3 aromatic rings. The third-order valence-electron chi connectivity index (χ3n) is 3.79. The van der Waals surface area contributed by atoms with Crippen molar-refractivity contribution in [2.45, 2.75) is 13.1 Å². The molecule has 1 aliphatic rings. The van der Waals surface area contributed by atoms with Crippen molar-refractivity contribution in [3.05, 3.63) is 42.4 Å². The van der Waals surface area contributed by atoms with Crippen LogP contribution < -0.4 is 0 Å². The maximum absolute atomic E-state index is 10.8. The minimum absolute atomic E-state index is 0.504. The Morgan fingerprint density at radius 2 is 1.95 bits per heavy atom. The summed E-state index contributed by atoms with van der Waals surface area (Å²) in [7, 11) is 0. The Morgan fingerprint density at radius 3 is 2.81 bits per heavy atom. The fourth-order valence-electron chi connectivity index (χ4n) is 2.66. The Balaban J connectivity index is 1.79. The van der Waals surface area contributed by atoms with E-state index in [9.17, 15) is 4.79 Å². The highest BCUT2D eigenvalue weighted by atomic mass is 16.1. The normalized spacial score (nSPS) is 14.2. The van der Waals surface area contributed by atoms with E-state index in [1.807, 2.05) is 35.0 Å². The van der Waals surface area contributed by atoms with Gasteiger partial charge in [0.05, 0.1) is 6.54 Å². The molecule has 0 bridgehead atoms. The summed E-state index contributed by atoms with van der Waals surface area (Å²) in [5.74, 6) is 1.57. The molecule has 0 saturated heterocycles. The fraction of sp³-hybridized carbons (Fsp3) is 0.200. The van der Waals surface area contributed by atoms with E-state index in [4.69, 9.17) is 0 Å². The highest BCUT2D eigenvalue weighted by Crippen LogP contribution is 2.23. The van der Waals surface area contributed by atoms with Crippen molar-refractivity contribution in [1.29, 1.82) is 0 Å². The molecule has 21 heavy (non-hydrogen) atoms. The number of nitrogens with zero attached hydrogens (tertiary/aromatic N) is 5. The number of carbonyl (C=O) groups excluding carboxylic acids is 1. The lowest BCUT2D eigenvalue weighted by atomic mass is 10.1. The quantitative estimate of drug-likeness (QED) is 0.666. The number of benzene rings is 1. The van der Waals surface area contributed by atoms with Crippen molar-refractivity contribution in [2.24, 2.45) is 0 Å². The van der Waals surface area contributed by atoms with Crippen molar-refractivity contribution in [2.75, 3.05) is 6.54 Å². The van der Waals surface area contributed by atoms with E-state index in [0.29, 0.717) is 19.6 Å². The van der Waals surface area contributed by atoms with Gasteiger partial charge in [-0.2, -0.15) is 0 Å². The smallest absolute Gasteiger partial charge is 0.210 e. The standard InChI is InChI=1S/C15H13N5O/c21-10-19-5-6-20-14(9-19)17-18-15(20)13-7-11-3-1-2-4-12(11)8-16-13/h1-4,7-8,10H,5-6,9H2. The summed E-state index contributed by atoms with van der Waals surface area (Å²) in [4.78, 5) is 17.0. The molecule has 0 saturated carbocycles. The molecule has 4 rings (SSSR count). The third-order valence-corrected chi connectivity index (χ3v) is 3.79. The Bertz CT molecular complexity index is 826. The molecule has 0 aliphatic carbocycles. The second-order valence-corrected chi connectivity index (χ2v) is 5.08. The molecule has 0 unspecified atom stereocenters. The Kier molecular flexibility index (Phi) is 2.67. The minimum atomic E-state index is 0.504. The van der Waals surface area contributed by atoms with Crippen LogP contribution in [0.3, 0.4) is 0 Å². The largest absolute Gasteiger partial charge is 0.336 e. The summed E-state index contributed by atoms with van der Waals surface area (Å²) in [6.07, 6.45) is 2.71. The average molecular weight is 279 g/mol. The van der Waals surface area contributed by atoms with Crippen LogP contribution in [0, 0.1) is 0 Å². The molecule has 1 amide bonds. The zero-order valence-electron chi connectivity index (χ0n) is 11.3. The van der Waals surface area contributed by atoms with Crippen LogP contribution in [0.5, 0.6) is 0 Å². The van der Waals surface area contributed by atoms with E-state index in [-0.39, 0.29) is 0 Å². The summed E-state index contributed by atoms with van der Waals surface area (Å²) >= 11 is 0. The number of hydrogen-bond donors (Lipinski definition) is 0. The molecular weight excluding hydrogens is 266 g/mol. The number of carbonyl (C=O) groups is 1. The SMILES string of the molecule is O=CN1CCn2c(nnc2-c2cc3ccccc3cn2)C1. The predicted octanol–water partition coefficient (Wildman–Crippen LogP) is 1.47. The van der Waals surface area contributed by atoms with Crippen molar-refractivity contribution in [3.63, 3.8) is 0 Å². The number of aromatic nitrogens is 4. The number of pyridine rings is 1. The molecule has 1 aliphatic heterocycles. The molecule has 6 heteroatoms. The minimum Gasteiger partial charge on any atom is -0.336 e. The lowest BCUT2D eigenvalue weighted by molar-refractivity contribution is -0.119. The van der Waals surface area contributed by atoms with Gasteiger partial charge in [-0.15, -0.1) is 10.2 Å². The topological polar surface area (TPSA) is 63.9 Å². The van der Waals surface area contributed by atoms with Crippen LogP contribution in [0.1, 0.15) is 5.82 Å². The average Bonchev–Trinajstić information content (AvgIpc) is 2.97. The van der Waals surface area contributed by atoms with E-state index in [1.165, 1.54) is 0 Å². The van der Waals surface area contributed by atoms with Gasteiger partial charge in [0.25, 0.3) is 0 Å². The second kappa shape index (κ2) is 4.66. The van der Waals surface area contributed by atoms with Crippen LogP contribution in [-0.4, -0.2) is 37.6 Å². The molecule has 3 heterocycles.